The summed E-state index contributed by atoms with van der Waals surface area (Å²) >= 11 is 0. The predicted molar refractivity (Wildman–Crippen MR) is 73.0 cm³/mol. The van der Waals surface area contributed by atoms with Gasteiger partial charge in [-0.3, -0.25) is 0 Å². The minimum absolute atomic E-state index is 0.613. The van der Waals surface area contributed by atoms with E-state index in [1.54, 1.807) is 5.57 Å². The highest BCUT2D eigenvalue weighted by atomic mass is 14.4. The lowest BCUT2D eigenvalue weighted by molar-refractivity contribution is 0.254. The molecule has 0 saturated heterocycles. The first-order chi connectivity index (χ1) is 8.36. The van der Waals surface area contributed by atoms with Gasteiger partial charge in [-0.15, -0.1) is 0 Å². The van der Waals surface area contributed by atoms with E-state index >= 15 is 0 Å². The quantitative estimate of drug-likeness (QED) is 0.629. The van der Waals surface area contributed by atoms with Crippen LogP contribution in [0.3, 0.4) is 0 Å². The Labute approximate surface area is 105 Å². The first kappa shape index (κ1) is 11.1. The molecular formula is C17H22. The number of benzene rings is 1. The first-order valence-corrected chi connectivity index (χ1v) is 7.11. The third-order valence-corrected chi connectivity index (χ3v) is 4.58. The van der Waals surface area contributed by atoms with Gasteiger partial charge in [0, 0.05) is 0 Å². The van der Waals surface area contributed by atoms with E-state index in [1.807, 2.05) is 0 Å². The fourth-order valence-electron chi connectivity index (χ4n) is 3.63. The Morgan fingerprint density at radius 3 is 2.41 bits per heavy atom. The molecule has 0 N–H and O–H groups in total. The Morgan fingerprint density at radius 2 is 1.65 bits per heavy atom. The average Bonchev–Trinajstić information content (AvgIpc) is 2.74. The standard InChI is InChI=1S/C17H22/c1-3-7-15(8-4-1)13-16-9-12-17(14-16)10-5-2-6-11-17/h1,3-4,7-8,14H,2,5-6,9-13H2. The van der Waals surface area contributed by atoms with Crippen molar-refractivity contribution in [2.75, 3.05) is 0 Å². The van der Waals surface area contributed by atoms with Crippen LogP contribution in [-0.4, -0.2) is 0 Å². The fraction of sp³-hybridized carbons (Fsp3) is 0.529. The molecule has 0 aromatic heterocycles. The predicted octanol–water partition coefficient (Wildman–Crippen LogP) is 4.90. The average molecular weight is 226 g/mol. The summed E-state index contributed by atoms with van der Waals surface area (Å²) in [5.41, 5.74) is 3.78. The minimum Gasteiger partial charge on any atom is -0.0788 e. The van der Waals surface area contributed by atoms with Gasteiger partial charge in [0.25, 0.3) is 0 Å². The van der Waals surface area contributed by atoms with Gasteiger partial charge in [-0.25, -0.2) is 0 Å². The maximum Gasteiger partial charge on any atom is -0.00669 e. The molecular weight excluding hydrogens is 204 g/mol. The van der Waals surface area contributed by atoms with E-state index in [4.69, 9.17) is 0 Å². The highest BCUT2D eigenvalue weighted by Crippen LogP contribution is 2.47. The van der Waals surface area contributed by atoms with Crippen molar-refractivity contribution in [3.05, 3.63) is 47.5 Å². The molecule has 17 heavy (non-hydrogen) atoms. The molecule has 0 amide bonds. The summed E-state index contributed by atoms with van der Waals surface area (Å²) < 4.78 is 0. The van der Waals surface area contributed by atoms with Gasteiger partial charge < -0.3 is 0 Å². The molecule has 3 rings (SSSR count). The zero-order valence-electron chi connectivity index (χ0n) is 10.6. The second-order valence-corrected chi connectivity index (χ2v) is 5.89. The number of allylic oxidation sites excluding steroid dienone is 2. The molecule has 2 aliphatic rings. The third kappa shape index (κ3) is 2.46. The van der Waals surface area contributed by atoms with Gasteiger partial charge in [-0.1, -0.05) is 61.2 Å². The van der Waals surface area contributed by atoms with Crippen molar-refractivity contribution in [2.45, 2.75) is 51.4 Å². The molecule has 1 spiro atoms. The van der Waals surface area contributed by atoms with E-state index in [1.165, 1.54) is 56.9 Å². The molecule has 0 heteroatoms. The van der Waals surface area contributed by atoms with Crippen LogP contribution in [0.5, 0.6) is 0 Å². The molecule has 1 saturated carbocycles. The van der Waals surface area contributed by atoms with Gasteiger partial charge in [0.15, 0.2) is 0 Å². The Balaban J connectivity index is 1.71. The lowest BCUT2D eigenvalue weighted by Gasteiger charge is -2.31. The lowest BCUT2D eigenvalue weighted by Crippen LogP contribution is -2.18. The Kier molecular flexibility index (Phi) is 3.05. The molecule has 0 atom stereocenters. The maximum absolute atomic E-state index is 2.65. The van der Waals surface area contributed by atoms with Gasteiger partial charge in [-0.2, -0.15) is 0 Å². The van der Waals surface area contributed by atoms with Crippen LogP contribution in [0.15, 0.2) is 42.0 Å². The molecule has 0 heterocycles. The monoisotopic (exact) mass is 226 g/mol. The van der Waals surface area contributed by atoms with E-state index in [0.717, 1.165) is 0 Å². The highest BCUT2D eigenvalue weighted by Gasteiger charge is 2.33. The molecule has 1 aromatic rings. The van der Waals surface area contributed by atoms with Crippen molar-refractivity contribution in [1.82, 2.24) is 0 Å². The number of rotatable bonds is 2. The molecule has 2 aliphatic carbocycles. The Bertz CT molecular complexity index is 393. The second kappa shape index (κ2) is 4.68. The maximum atomic E-state index is 2.65. The van der Waals surface area contributed by atoms with Crippen LogP contribution in [0.4, 0.5) is 0 Å². The van der Waals surface area contributed by atoms with Crippen molar-refractivity contribution in [1.29, 1.82) is 0 Å². The van der Waals surface area contributed by atoms with E-state index in [0.29, 0.717) is 5.41 Å². The van der Waals surface area contributed by atoms with Crippen molar-refractivity contribution in [3.63, 3.8) is 0 Å². The SMILES string of the molecule is C1=C(Cc2ccccc2)CCC12CCCCC2. The summed E-state index contributed by atoms with van der Waals surface area (Å²) in [5, 5.41) is 0. The third-order valence-electron chi connectivity index (χ3n) is 4.58. The van der Waals surface area contributed by atoms with Crippen LogP contribution in [0.1, 0.15) is 50.5 Å². The van der Waals surface area contributed by atoms with E-state index in [2.05, 4.69) is 36.4 Å². The summed E-state index contributed by atoms with van der Waals surface area (Å²) in [5.74, 6) is 0. The van der Waals surface area contributed by atoms with Gasteiger partial charge >= 0.3 is 0 Å². The molecule has 0 aliphatic heterocycles. The van der Waals surface area contributed by atoms with Gasteiger partial charge in [0.05, 0.1) is 0 Å². The van der Waals surface area contributed by atoms with Crippen LogP contribution in [0.2, 0.25) is 0 Å². The van der Waals surface area contributed by atoms with Crippen molar-refractivity contribution >= 4 is 0 Å². The normalized spacial score (nSPS) is 22.7. The van der Waals surface area contributed by atoms with Gasteiger partial charge in [-0.05, 0) is 43.1 Å². The highest BCUT2D eigenvalue weighted by molar-refractivity contribution is 5.26. The van der Waals surface area contributed by atoms with Crippen molar-refractivity contribution in [2.24, 2.45) is 5.41 Å². The van der Waals surface area contributed by atoms with Crippen LogP contribution in [0, 0.1) is 5.41 Å². The first-order valence-electron chi connectivity index (χ1n) is 7.11. The van der Waals surface area contributed by atoms with E-state index < -0.39 is 0 Å². The van der Waals surface area contributed by atoms with Crippen LogP contribution in [0.25, 0.3) is 0 Å². The summed E-state index contributed by atoms with van der Waals surface area (Å²) in [6.07, 6.45) is 13.9. The number of hydrogen-bond donors (Lipinski definition) is 0. The Morgan fingerprint density at radius 1 is 0.882 bits per heavy atom. The molecule has 1 fully saturated rings. The minimum atomic E-state index is 0.613. The Hall–Kier alpha value is -1.04. The van der Waals surface area contributed by atoms with E-state index in [-0.39, 0.29) is 0 Å². The summed E-state index contributed by atoms with van der Waals surface area (Å²) in [4.78, 5) is 0. The number of hydrogen-bond acceptors (Lipinski definition) is 0. The van der Waals surface area contributed by atoms with E-state index in [9.17, 15) is 0 Å². The molecule has 1 aromatic carbocycles. The zero-order valence-corrected chi connectivity index (χ0v) is 10.6. The van der Waals surface area contributed by atoms with Crippen LogP contribution >= 0.6 is 0 Å². The fourth-order valence-corrected chi connectivity index (χ4v) is 3.63. The van der Waals surface area contributed by atoms with Gasteiger partial charge in [0.2, 0.25) is 0 Å². The summed E-state index contributed by atoms with van der Waals surface area (Å²) in [7, 11) is 0. The molecule has 0 radical (unpaired) electrons. The molecule has 90 valence electrons. The molecule has 0 unspecified atom stereocenters. The summed E-state index contributed by atoms with van der Waals surface area (Å²) in [6, 6.07) is 10.9. The van der Waals surface area contributed by atoms with Crippen molar-refractivity contribution in [3.8, 4) is 0 Å². The van der Waals surface area contributed by atoms with Crippen LogP contribution < -0.4 is 0 Å². The zero-order chi connectivity index (χ0) is 11.6. The second-order valence-electron chi connectivity index (χ2n) is 5.89. The largest absolute Gasteiger partial charge is 0.0788 e. The van der Waals surface area contributed by atoms with Gasteiger partial charge in [0.1, 0.15) is 0 Å². The summed E-state index contributed by atoms with van der Waals surface area (Å²) in [6.45, 7) is 0. The topological polar surface area (TPSA) is 0 Å². The lowest BCUT2D eigenvalue weighted by atomic mass is 9.74. The molecule has 0 bridgehead atoms. The smallest absolute Gasteiger partial charge is 0.00669 e. The molecule has 0 nitrogen and oxygen atoms in total. The van der Waals surface area contributed by atoms with Crippen molar-refractivity contribution < 1.29 is 0 Å². The van der Waals surface area contributed by atoms with Crippen LogP contribution in [-0.2, 0) is 6.42 Å².